The van der Waals surface area contributed by atoms with Crippen molar-refractivity contribution < 1.29 is 9.84 Å². The molecule has 0 amide bonds. The van der Waals surface area contributed by atoms with Gasteiger partial charge in [-0.15, -0.1) is 0 Å². The summed E-state index contributed by atoms with van der Waals surface area (Å²) >= 11 is 0. The summed E-state index contributed by atoms with van der Waals surface area (Å²) in [6.07, 6.45) is 1.34. The van der Waals surface area contributed by atoms with Crippen molar-refractivity contribution in [1.29, 1.82) is 0 Å². The van der Waals surface area contributed by atoms with Crippen LogP contribution in [0.5, 0.6) is 5.75 Å². The summed E-state index contributed by atoms with van der Waals surface area (Å²) in [7, 11) is 0. The minimum Gasteiger partial charge on any atom is -0.506 e. The number of ether oxygens (including phenoxy) is 1. The number of fused-ring (bicyclic) bond motifs is 1. The van der Waals surface area contributed by atoms with Crippen LogP contribution in [0.1, 0.15) is 0 Å². The van der Waals surface area contributed by atoms with Crippen molar-refractivity contribution in [2.45, 2.75) is 0 Å². The maximum Gasteiger partial charge on any atom is 0.259 e. The first-order valence-electron chi connectivity index (χ1n) is 5.79. The van der Waals surface area contributed by atoms with Crippen LogP contribution in [0.3, 0.4) is 0 Å². The summed E-state index contributed by atoms with van der Waals surface area (Å²) in [5.74, 6) is 0.737. The second-order valence-corrected chi connectivity index (χ2v) is 4.21. The molecule has 0 unspecified atom stereocenters. The van der Waals surface area contributed by atoms with Gasteiger partial charge in [-0.05, 0) is 6.07 Å². The number of rotatable bonds is 1. The zero-order valence-corrected chi connectivity index (χ0v) is 9.72. The Balaban J connectivity index is 2.09. The van der Waals surface area contributed by atoms with Crippen LogP contribution in [-0.2, 0) is 4.74 Å². The van der Waals surface area contributed by atoms with Gasteiger partial charge in [-0.2, -0.15) is 0 Å². The SMILES string of the molecule is O=c1[nH]c(N2CCOCC2)cc2ncc(O)cc12. The highest BCUT2D eigenvalue weighted by Gasteiger charge is 2.13. The van der Waals surface area contributed by atoms with E-state index in [1.165, 1.54) is 12.3 Å². The Hall–Kier alpha value is -2.08. The molecule has 1 fully saturated rings. The highest BCUT2D eigenvalue weighted by molar-refractivity contribution is 5.81. The lowest BCUT2D eigenvalue weighted by atomic mass is 10.2. The third-order valence-electron chi connectivity index (χ3n) is 3.02. The molecule has 0 radical (unpaired) electrons. The van der Waals surface area contributed by atoms with E-state index in [0.29, 0.717) is 24.1 Å². The molecule has 0 saturated carbocycles. The first kappa shape index (κ1) is 11.0. The van der Waals surface area contributed by atoms with Gasteiger partial charge >= 0.3 is 0 Å². The smallest absolute Gasteiger partial charge is 0.259 e. The highest BCUT2D eigenvalue weighted by Crippen LogP contribution is 2.18. The Morgan fingerprint density at radius 3 is 2.89 bits per heavy atom. The van der Waals surface area contributed by atoms with Gasteiger partial charge in [-0.3, -0.25) is 9.78 Å². The monoisotopic (exact) mass is 247 g/mol. The number of hydrogen-bond donors (Lipinski definition) is 2. The highest BCUT2D eigenvalue weighted by atomic mass is 16.5. The summed E-state index contributed by atoms with van der Waals surface area (Å²) < 4.78 is 5.27. The van der Waals surface area contributed by atoms with E-state index in [9.17, 15) is 9.90 Å². The van der Waals surface area contributed by atoms with E-state index in [-0.39, 0.29) is 11.3 Å². The van der Waals surface area contributed by atoms with Gasteiger partial charge < -0.3 is 19.7 Å². The number of morpholine rings is 1. The number of hydrogen-bond acceptors (Lipinski definition) is 5. The molecule has 0 atom stereocenters. The quantitative estimate of drug-likeness (QED) is 0.765. The Morgan fingerprint density at radius 1 is 1.33 bits per heavy atom. The topological polar surface area (TPSA) is 78.5 Å². The van der Waals surface area contributed by atoms with Crippen molar-refractivity contribution >= 4 is 16.7 Å². The molecule has 6 nitrogen and oxygen atoms in total. The number of pyridine rings is 2. The van der Waals surface area contributed by atoms with Gasteiger partial charge in [-0.1, -0.05) is 0 Å². The molecule has 0 aliphatic carbocycles. The van der Waals surface area contributed by atoms with E-state index in [0.717, 1.165) is 18.9 Å². The average molecular weight is 247 g/mol. The molecule has 2 aromatic rings. The number of aromatic hydroxyl groups is 1. The molecule has 0 bridgehead atoms. The molecule has 2 aromatic heterocycles. The predicted octanol–water partition coefficient (Wildman–Crippen LogP) is 0.465. The molecular weight excluding hydrogens is 234 g/mol. The largest absolute Gasteiger partial charge is 0.506 e. The zero-order chi connectivity index (χ0) is 12.5. The summed E-state index contributed by atoms with van der Waals surface area (Å²) in [5.41, 5.74) is 0.343. The molecule has 3 heterocycles. The summed E-state index contributed by atoms with van der Waals surface area (Å²) in [4.78, 5) is 20.9. The van der Waals surface area contributed by atoms with E-state index in [4.69, 9.17) is 4.74 Å². The van der Waals surface area contributed by atoms with E-state index >= 15 is 0 Å². The second kappa shape index (κ2) is 4.30. The van der Waals surface area contributed by atoms with Crippen LogP contribution in [0, 0.1) is 0 Å². The number of nitrogens with zero attached hydrogens (tertiary/aromatic N) is 2. The standard InChI is InChI=1S/C12H13N3O3/c16-8-5-9-10(13-7-8)6-11(14-12(9)17)15-1-3-18-4-2-15/h5-7,16H,1-4H2,(H,14,17). The average Bonchev–Trinajstić information content (AvgIpc) is 2.40. The van der Waals surface area contributed by atoms with E-state index in [2.05, 4.69) is 14.9 Å². The summed E-state index contributed by atoms with van der Waals surface area (Å²) in [5, 5.41) is 9.73. The Bertz CT molecular complexity index is 632. The van der Waals surface area contributed by atoms with Crippen LogP contribution in [0.4, 0.5) is 5.82 Å². The normalized spacial score (nSPS) is 16.1. The van der Waals surface area contributed by atoms with Crippen molar-refractivity contribution in [1.82, 2.24) is 9.97 Å². The van der Waals surface area contributed by atoms with Crippen molar-refractivity contribution in [3.8, 4) is 5.75 Å². The Morgan fingerprint density at radius 2 is 2.11 bits per heavy atom. The Kier molecular flexibility index (Phi) is 2.64. The lowest BCUT2D eigenvalue weighted by Gasteiger charge is -2.28. The van der Waals surface area contributed by atoms with Gasteiger partial charge in [0.2, 0.25) is 0 Å². The molecule has 1 aliphatic heterocycles. The summed E-state index contributed by atoms with van der Waals surface area (Å²) in [6, 6.07) is 3.24. The third-order valence-corrected chi connectivity index (χ3v) is 3.02. The van der Waals surface area contributed by atoms with Gasteiger partial charge in [0.05, 0.1) is 30.3 Å². The lowest BCUT2D eigenvalue weighted by Crippen LogP contribution is -2.37. The maximum absolute atomic E-state index is 11.9. The van der Waals surface area contributed by atoms with Gasteiger partial charge in [0, 0.05) is 19.2 Å². The number of anilines is 1. The molecule has 94 valence electrons. The fraction of sp³-hybridized carbons (Fsp3) is 0.333. The molecule has 3 rings (SSSR count). The van der Waals surface area contributed by atoms with Crippen molar-refractivity contribution in [3.63, 3.8) is 0 Å². The number of H-pyrrole nitrogens is 1. The van der Waals surface area contributed by atoms with Crippen LogP contribution < -0.4 is 10.5 Å². The molecular formula is C12H13N3O3. The van der Waals surface area contributed by atoms with Gasteiger partial charge in [0.1, 0.15) is 11.6 Å². The van der Waals surface area contributed by atoms with Gasteiger partial charge in [0.25, 0.3) is 5.56 Å². The van der Waals surface area contributed by atoms with Crippen LogP contribution in [-0.4, -0.2) is 41.4 Å². The zero-order valence-electron chi connectivity index (χ0n) is 9.72. The molecule has 1 aliphatic rings. The van der Waals surface area contributed by atoms with E-state index < -0.39 is 0 Å². The van der Waals surface area contributed by atoms with Gasteiger partial charge in [-0.25, -0.2) is 0 Å². The predicted molar refractivity (Wildman–Crippen MR) is 67.1 cm³/mol. The number of nitrogens with one attached hydrogen (secondary N) is 1. The summed E-state index contributed by atoms with van der Waals surface area (Å²) in [6.45, 7) is 2.81. The van der Waals surface area contributed by atoms with Crippen molar-refractivity contribution in [3.05, 3.63) is 28.7 Å². The molecule has 1 saturated heterocycles. The molecule has 0 aromatic carbocycles. The molecule has 6 heteroatoms. The van der Waals surface area contributed by atoms with Crippen molar-refractivity contribution in [2.24, 2.45) is 0 Å². The van der Waals surface area contributed by atoms with Crippen molar-refractivity contribution in [2.75, 3.05) is 31.2 Å². The van der Waals surface area contributed by atoms with E-state index in [1.807, 2.05) is 6.07 Å². The minimum absolute atomic E-state index is 0.00729. The Labute approximate surface area is 103 Å². The minimum atomic E-state index is -0.239. The van der Waals surface area contributed by atoms with Gasteiger partial charge in [0.15, 0.2) is 0 Å². The van der Waals surface area contributed by atoms with Crippen LogP contribution in [0.25, 0.3) is 10.9 Å². The third kappa shape index (κ3) is 1.91. The fourth-order valence-electron chi connectivity index (χ4n) is 2.09. The van der Waals surface area contributed by atoms with E-state index in [1.54, 1.807) is 0 Å². The second-order valence-electron chi connectivity index (χ2n) is 4.21. The molecule has 18 heavy (non-hydrogen) atoms. The maximum atomic E-state index is 11.9. The fourth-order valence-corrected chi connectivity index (χ4v) is 2.09. The first-order chi connectivity index (χ1) is 8.74. The molecule has 0 spiro atoms. The van der Waals surface area contributed by atoms with Crippen LogP contribution in [0.15, 0.2) is 23.1 Å². The van der Waals surface area contributed by atoms with Crippen LogP contribution >= 0.6 is 0 Å². The first-order valence-corrected chi connectivity index (χ1v) is 5.79. The number of aromatic nitrogens is 2. The molecule has 2 N–H and O–H groups in total. The number of aromatic amines is 1. The lowest BCUT2D eigenvalue weighted by molar-refractivity contribution is 0.122. The van der Waals surface area contributed by atoms with Crippen LogP contribution in [0.2, 0.25) is 0 Å².